The summed E-state index contributed by atoms with van der Waals surface area (Å²) in [5.41, 5.74) is -1.03. The summed E-state index contributed by atoms with van der Waals surface area (Å²) >= 11 is 0. The normalized spacial score (nSPS) is 25.1. The molecule has 1 aliphatic rings. The fraction of sp³-hybridized carbons (Fsp3) is 0.571. The van der Waals surface area contributed by atoms with Crippen molar-refractivity contribution in [3.05, 3.63) is 18.1 Å². The van der Waals surface area contributed by atoms with Crippen molar-refractivity contribution in [2.45, 2.75) is 38.1 Å². The molecule has 1 aromatic heterocycles. The van der Waals surface area contributed by atoms with E-state index in [0.29, 0.717) is 24.6 Å². The molecule has 0 aliphatic heterocycles. The number of carbonyl (C=O) groups excluding carboxylic acids is 1. The largest absolute Gasteiger partial charge is 0.480 e. The third-order valence-electron chi connectivity index (χ3n) is 3.93. The van der Waals surface area contributed by atoms with Crippen LogP contribution in [0.4, 0.5) is 5.82 Å². The Morgan fingerprint density at radius 1 is 1.43 bits per heavy atom. The molecule has 2 rings (SSSR count). The molecule has 2 N–H and O–H groups in total. The molecular weight excluding hydrogens is 274 g/mol. The van der Waals surface area contributed by atoms with Crippen LogP contribution in [0.2, 0.25) is 0 Å². The number of carbonyl (C=O) groups is 2. The molecule has 114 valence electrons. The van der Waals surface area contributed by atoms with E-state index in [-0.39, 0.29) is 5.82 Å². The number of nitrogens with one attached hydrogen (secondary N) is 1. The van der Waals surface area contributed by atoms with Crippen LogP contribution in [0.15, 0.2) is 12.3 Å². The van der Waals surface area contributed by atoms with Crippen LogP contribution in [0.5, 0.6) is 0 Å². The van der Waals surface area contributed by atoms with Crippen LogP contribution in [0.3, 0.4) is 0 Å². The van der Waals surface area contributed by atoms with Gasteiger partial charge in [0.25, 0.3) is 0 Å². The predicted octanol–water partition coefficient (Wildman–Crippen LogP) is 1.71. The number of aromatic nitrogens is 2. The van der Waals surface area contributed by atoms with Crippen LogP contribution in [0.1, 0.15) is 43.2 Å². The Morgan fingerprint density at radius 2 is 2.10 bits per heavy atom. The molecule has 7 heteroatoms. The zero-order chi connectivity index (χ0) is 15.5. The van der Waals surface area contributed by atoms with Crippen molar-refractivity contribution in [1.82, 2.24) is 9.97 Å². The van der Waals surface area contributed by atoms with Gasteiger partial charge in [0.1, 0.15) is 11.4 Å². The van der Waals surface area contributed by atoms with E-state index in [1.807, 2.05) is 0 Å². The van der Waals surface area contributed by atoms with E-state index in [2.05, 4.69) is 26.9 Å². The van der Waals surface area contributed by atoms with E-state index >= 15 is 0 Å². The van der Waals surface area contributed by atoms with Crippen molar-refractivity contribution >= 4 is 17.8 Å². The van der Waals surface area contributed by atoms with Gasteiger partial charge in [0, 0.05) is 6.20 Å². The number of carboxylic acid groups (broad SMARTS) is 1. The van der Waals surface area contributed by atoms with Crippen LogP contribution in [0.25, 0.3) is 0 Å². The molecule has 1 aromatic rings. The smallest absolute Gasteiger partial charge is 0.376 e. The average Bonchev–Trinajstić information content (AvgIpc) is 2.49. The highest BCUT2D eigenvalue weighted by Gasteiger charge is 2.41. The van der Waals surface area contributed by atoms with Crippen molar-refractivity contribution in [3.8, 4) is 0 Å². The molecule has 0 saturated heterocycles. The van der Waals surface area contributed by atoms with Crippen LogP contribution in [0, 0.1) is 5.92 Å². The Kier molecular flexibility index (Phi) is 4.40. The summed E-state index contributed by atoms with van der Waals surface area (Å²) in [6, 6.07) is 1.55. The molecule has 7 nitrogen and oxygen atoms in total. The summed E-state index contributed by atoms with van der Waals surface area (Å²) < 4.78 is 4.56. The van der Waals surface area contributed by atoms with Gasteiger partial charge in [0.15, 0.2) is 0 Å². The van der Waals surface area contributed by atoms with Gasteiger partial charge in [0.2, 0.25) is 5.82 Å². The SMILES string of the molecule is COC(=O)c1nccc(NC2(C(=O)O)CCC(C)CC2)n1. The van der Waals surface area contributed by atoms with Crippen molar-refractivity contribution in [2.75, 3.05) is 12.4 Å². The lowest BCUT2D eigenvalue weighted by molar-refractivity contribution is -0.143. The van der Waals surface area contributed by atoms with E-state index in [4.69, 9.17) is 0 Å². The zero-order valence-electron chi connectivity index (χ0n) is 12.1. The van der Waals surface area contributed by atoms with Crippen LogP contribution < -0.4 is 5.32 Å². The minimum Gasteiger partial charge on any atom is -0.480 e. The number of carboxylic acids is 1. The number of anilines is 1. The number of aliphatic carboxylic acids is 1. The van der Waals surface area contributed by atoms with Crippen LogP contribution >= 0.6 is 0 Å². The Hall–Kier alpha value is -2.18. The second-order valence-electron chi connectivity index (χ2n) is 5.45. The first-order valence-corrected chi connectivity index (χ1v) is 6.90. The van der Waals surface area contributed by atoms with Gasteiger partial charge < -0.3 is 15.2 Å². The van der Waals surface area contributed by atoms with E-state index in [0.717, 1.165) is 12.8 Å². The Labute approximate surface area is 122 Å². The fourth-order valence-corrected chi connectivity index (χ4v) is 2.51. The molecule has 1 saturated carbocycles. The highest BCUT2D eigenvalue weighted by atomic mass is 16.5. The lowest BCUT2D eigenvalue weighted by Gasteiger charge is -2.36. The average molecular weight is 293 g/mol. The second-order valence-corrected chi connectivity index (χ2v) is 5.45. The van der Waals surface area contributed by atoms with Gasteiger partial charge in [-0.1, -0.05) is 6.92 Å². The number of hydrogen-bond donors (Lipinski definition) is 2. The molecule has 0 spiro atoms. The van der Waals surface area contributed by atoms with E-state index in [1.165, 1.54) is 13.3 Å². The van der Waals surface area contributed by atoms with Crippen LogP contribution in [-0.4, -0.2) is 39.7 Å². The minimum absolute atomic E-state index is 0.0905. The molecule has 0 bridgehead atoms. The Balaban J connectivity index is 2.22. The van der Waals surface area contributed by atoms with Crippen molar-refractivity contribution in [1.29, 1.82) is 0 Å². The zero-order valence-corrected chi connectivity index (χ0v) is 12.1. The third kappa shape index (κ3) is 3.29. The van der Waals surface area contributed by atoms with Crippen molar-refractivity contribution in [3.63, 3.8) is 0 Å². The quantitative estimate of drug-likeness (QED) is 0.815. The fourth-order valence-electron chi connectivity index (χ4n) is 2.51. The van der Waals surface area contributed by atoms with E-state index < -0.39 is 17.5 Å². The van der Waals surface area contributed by atoms with Crippen molar-refractivity contribution in [2.24, 2.45) is 5.92 Å². The molecule has 0 radical (unpaired) electrons. The van der Waals surface area contributed by atoms with Gasteiger partial charge in [-0.15, -0.1) is 0 Å². The molecule has 1 heterocycles. The van der Waals surface area contributed by atoms with Gasteiger partial charge >= 0.3 is 11.9 Å². The number of rotatable bonds is 4. The summed E-state index contributed by atoms with van der Waals surface area (Å²) in [7, 11) is 1.24. The maximum absolute atomic E-state index is 11.7. The molecule has 0 atom stereocenters. The summed E-state index contributed by atoms with van der Waals surface area (Å²) in [5.74, 6) is -0.794. The number of nitrogens with zero attached hydrogens (tertiary/aromatic N) is 2. The molecule has 21 heavy (non-hydrogen) atoms. The summed E-state index contributed by atoms with van der Waals surface area (Å²) in [6.07, 6.45) is 4.15. The first-order valence-electron chi connectivity index (χ1n) is 6.90. The standard InChI is InChI=1S/C14H19N3O4/c1-9-3-6-14(7-4-9,13(19)20)17-10-5-8-15-11(16-10)12(18)21-2/h5,8-9H,3-4,6-7H2,1-2H3,(H,19,20)(H,15,16,17). The summed E-state index contributed by atoms with van der Waals surface area (Å²) in [4.78, 5) is 30.9. The lowest BCUT2D eigenvalue weighted by Crippen LogP contribution is -2.49. The summed E-state index contributed by atoms with van der Waals surface area (Å²) in [6.45, 7) is 2.12. The Bertz CT molecular complexity index is 539. The first kappa shape index (κ1) is 15.2. The third-order valence-corrected chi connectivity index (χ3v) is 3.93. The number of esters is 1. The van der Waals surface area contributed by atoms with Gasteiger partial charge in [-0.3, -0.25) is 0 Å². The molecule has 0 aromatic carbocycles. The maximum atomic E-state index is 11.7. The molecular formula is C14H19N3O4. The molecule has 1 fully saturated rings. The number of hydrogen-bond acceptors (Lipinski definition) is 6. The lowest BCUT2D eigenvalue weighted by atomic mass is 9.77. The van der Waals surface area contributed by atoms with Gasteiger partial charge in [-0.25, -0.2) is 19.6 Å². The number of ether oxygens (including phenoxy) is 1. The van der Waals surface area contributed by atoms with Gasteiger partial charge in [-0.05, 0) is 37.7 Å². The highest BCUT2D eigenvalue weighted by Crippen LogP contribution is 2.34. The van der Waals surface area contributed by atoms with E-state index in [9.17, 15) is 14.7 Å². The van der Waals surface area contributed by atoms with Crippen LogP contribution in [-0.2, 0) is 9.53 Å². The monoisotopic (exact) mass is 293 g/mol. The van der Waals surface area contributed by atoms with Gasteiger partial charge in [-0.2, -0.15) is 0 Å². The summed E-state index contributed by atoms with van der Waals surface area (Å²) in [5, 5.41) is 12.5. The second kappa shape index (κ2) is 6.07. The molecule has 0 amide bonds. The van der Waals surface area contributed by atoms with Crippen molar-refractivity contribution < 1.29 is 19.4 Å². The molecule has 0 unspecified atom stereocenters. The topological polar surface area (TPSA) is 101 Å². The minimum atomic E-state index is -1.03. The van der Waals surface area contributed by atoms with Gasteiger partial charge in [0.05, 0.1) is 7.11 Å². The number of methoxy groups -OCH3 is 1. The van der Waals surface area contributed by atoms with E-state index in [1.54, 1.807) is 6.07 Å². The Morgan fingerprint density at radius 3 is 2.67 bits per heavy atom. The maximum Gasteiger partial charge on any atom is 0.376 e. The highest BCUT2D eigenvalue weighted by molar-refractivity contribution is 5.86. The first-order chi connectivity index (χ1) is 9.97. The molecule has 1 aliphatic carbocycles. The predicted molar refractivity (Wildman–Crippen MR) is 75.0 cm³/mol.